The van der Waals surface area contributed by atoms with Crippen LogP contribution in [0.2, 0.25) is 0 Å². The van der Waals surface area contributed by atoms with Gasteiger partial charge in [0.05, 0.1) is 0 Å². The Bertz CT molecular complexity index is 733. The molecule has 1 aliphatic rings. The van der Waals surface area contributed by atoms with Crippen LogP contribution in [0.25, 0.3) is 16.3 Å². The van der Waals surface area contributed by atoms with Crippen molar-refractivity contribution in [2.24, 2.45) is 5.92 Å². The number of aliphatic hydroxyl groups excluding tert-OH is 1. The Morgan fingerprint density at radius 1 is 1.00 bits per heavy atom. The van der Waals surface area contributed by atoms with E-state index in [1.54, 1.807) is 13.8 Å². The molecule has 0 saturated carbocycles. The molecule has 0 heterocycles. The van der Waals surface area contributed by atoms with E-state index in [0.717, 1.165) is 0 Å². The minimum Gasteiger partial charge on any atom is -0.394 e. The molecule has 1 atom stereocenters. The van der Waals surface area contributed by atoms with E-state index in [-0.39, 0.29) is 52.6 Å². The molecule has 2 aromatic carbocycles. The van der Waals surface area contributed by atoms with Crippen LogP contribution in [0, 0.1) is 12.0 Å². The molecule has 0 fully saturated rings. The Labute approximate surface area is 179 Å². The van der Waals surface area contributed by atoms with Crippen molar-refractivity contribution < 1.29 is 26.8 Å². The average molecular weight is 414 g/mol. The van der Waals surface area contributed by atoms with Crippen molar-refractivity contribution >= 4 is 41.2 Å². The van der Waals surface area contributed by atoms with Crippen LogP contribution in [0.5, 0.6) is 0 Å². The van der Waals surface area contributed by atoms with Crippen LogP contribution in [-0.4, -0.2) is 11.2 Å². The first kappa shape index (κ1) is 26.7. The predicted molar refractivity (Wildman–Crippen MR) is 110 cm³/mol. The Hall–Kier alpha value is -0.566. The van der Waals surface area contributed by atoms with E-state index in [4.69, 9.17) is 5.11 Å². The SMILES string of the molecule is CC(C)O.CC1=CC(C)C(c2[c-]c3ccccc3cc2)=C1C.Cl.Cl.[Ti]. The van der Waals surface area contributed by atoms with Crippen LogP contribution >= 0.6 is 24.8 Å². The molecule has 0 radical (unpaired) electrons. The van der Waals surface area contributed by atoms with Crippen LogP contribution in [0.1, 0.15) is 40.2 Å². The van der Waals surface area contributed by atoms with Crippen LogP contribution in [0.15, 0.2) is 53.6 Å². The van der Waals surface area contributed by atoms with E-state index in [2.05, 4.69) is 69.3 Å². The van der Waals surface area contributed by atoms with Crippen LogP contribution in [0.3, 0.4) is 0 Å². The first-order valence-corrected chi connectivity index (χ1v) is 7.89. The maximum Gasteiger partial charge on any atom is 0.0483 e. The van der Waals surface area contributed by atoms with Gasteiger partial charge >= 0.3 is 0 Å². The quantitative estimate of drug-likeness (QED) is 0.433. The zero-order chi connectivity index (χ0) is 16.3. The number of benzene rings is 2. The molecule has 0 amide bonds. The Morgan fingerprint density at radius 2 is 1.56 bits per heavy atom. The van der Waals surface area contributed by atoms with Gasteiger partial charge in [0.2, 0.25) is 0 Å². The van der Waals surface area contributed by atoms with E-state index in [1.165, 1.54) is 33.1 Å². The van der Waals surface area contributed by atoms with Crippen molar-refractivity contribution in [3.63, 3.8) is 0 Å². The fourth-order valence-electron chi connectivity index (χ4n) is 2.86. The number of fused-ring (bicyclic) bond motifs is 1. The standard InChI is InChI=1S/C18H17.C3H8O.2ClH.Ti/c1-12-10-13(2)18(14(12)3)17-9-8-15-6-4-5-7-16(15)11-17;1-3(2)4;;;/h4-10,13H,1-3H3;3-4H,1-2H3;2*1H;/q-1;;;;. The Balaban J connectivity index is 0. The molecule has 0 spiro atoms. The summed E-state index contributed by atoms with van der Waals surface area (Å²) < 4.78 is 0. The normalized spacial score (nSPS) is 15.5. The van der Waals surface area contributed by atoms with Gasteiger partial charge in [-0.15, -0.1) is 60.0 Å². The van der Waals surface area contributed by atoms with Gasteiger partial charge in [-0.25, -0.2) is 0 Å². The van der Waals surface area contributed by atoms with Crippen molar-refractivity contribution in [3.8, 4) is 0 Å². The monoisotopic (exact) mass is 413 g/mol. The number of halogens is 2. The number of hydrogen-bond acceptors (Lipinski definition) is 1. The zero-order valence-corrected chi connectivity index (χ0v) is 18.7. The van der Waals surface area contributed by atoms with E-state index in [9.17, 15) is 0 Å². The number of hydrogen-bond donors (Lipinski definition) is 1. The molecular weight excluding hydrogens is 387 g/mol. The molecule has 1 N–H and O–H groups in total. The van der Waals surface area contributed by atoms with Gasteiger partial charge in [-0.2, -0.15) is 0 Å². The summed E-state index contributed by atoms with van der Waals surface area (Å²) in [7, 11) is 0. The number of rotatable bonds is 1. The Kier molecular flexibility index (Phi) is 12.7. The van der Waals surface area contributed by atoms with Gasteiger partial charge < -0.3 is 5.11 Å². The van der Waals surface area contributed by atoms with Gasteiger partial charge in [-0.05, 0) is 33.6 Å². The first-order valence-electron chi connectivity index (χ1n) is 7.89. The minimum absolute atomic E-state index is 0. The average Bonchev–Trinajstić information content (AvgIpc) is 2.71. The second-order valence-corrected chi connectivity index (χ2v) is 6.23. The first-order chi connectivity index (χ1) is 10.4. The van der Waals surface area contributed by atoms with Crippen LogP contribution in [-0.2, 0) is 21.7 Å². The fraction of sp³-hybridized carbons (Fsp3) is 0.333. The molecule has 136 valence electrons. The van der Waals surface area contributed by atoms with Gasteiger partial charge in [0.1, 0.15) is 0 Å². The Morgan fingerprint density at radius 3 is 2.08 bits per heavy atom. The third-order valence-corrected chi connectivity index (χ3v) is 3.90. The minimum atomic E-state index is -0.167. The summed E-state index contributed by atoms with van der Waals surface area (Å²) in [5.41, 5.74) is 5.48. The summed E-state index contributed by atoms with van der Waals surface area (Å²) in [6, 6.07) is 16.4. The van der Waals surface area contributed by atoms with Gasteiger partial charge in [0.15, 0.2) is 0 Å². The third kappa shape index (κ3) is 6.92. The topological polar surface area (TPSA) is 20.2 Å². The summed E-state index contributed by atoms with van der Waals surface area (Å²) >= 11 is 0. The molecule has 3 rings (SSSR count). The molecule has 4 heteroatoms. The fourth-order valence-corrected chi connectivity index (χ4v) is 2.86. The zero-order valence-electron chi connectivity index (χ0n) is 15.5. The molecule has 2 aromatic rings. The van der Waals surface area contributed by atoms with Crippen LogP contribution < -0.4 is 0 Å². The maximum atomic E-state index is 8.06. The molecular formula is C21H27Cl2OTi-. The van der Waals surface area contributed by atoms with E-state index in [0.29, 0.717) is 5.92 Å². The van der Waals surface area contributed by atoms with Gasteiger partial charge in [0, 0.05) is 27.8 Å². The van der Waals surface area contributed by atoms with E-state index in [1.807, 2.05) is 0 Å². The van der Waals surface area contributed by atoms with Crippen LogP contribution in [0.4, 0.5) is 0 Å². The summed E-state index contributed by atoms with van der Waals surface area (Å²) in [4.78, 5) is 0. The molecule has 0 saturated heterocycles. The smallest absolute Gasteiger partial charge is 0.0483 e. The second kappa shape index (κ2) is 11.9. The van der Waals surface area contributed by atoms with Gasteiger partial charge in [0.25, 0.3) is 0 Å². The van der Waals surface area contributed by atoms with Crippen molar-refractivity contribution in [3.05, 3.63) is 65.3 Å². The number of aliphatic hydroxyl groups is 1. The van der Waals surface area contributed by atoms with Gasteiger partial charge in [-0.3, -0.25) is 0 Å². The van der Waals surface area contributed by atoms with Crippen molar-refractivity contribution in [1.29, 1.82) is 0 Å². The van der Waals surface area contributed by atoms with Crippen molar-refractivity contribution in [2.45, 2.75) is 40.7 Å². The van der Waals surface area contributed by atoms with E-state index >= 15 is 0 Å². The summed E-state index contributed by atoms with van der Waals surface area (Å²) in [5.74, 6) is 0.502. The molecule has 1 unspecified atom stereocenters. The van der Waals surface area contributed by atoms with Crippen molar-refractivity contribution in [1.82, 2.24) is 0 Å². The summed E-state index contributed by atoms with van der Waals surface area (Å²) in [6.07, 6.45) is 2.17. The maximum absolute atomic E-state index is 8.06. The number of allylic oxidation sites excluding steroid dienone is 4. The summed E-state index contributed by atoms with van der Waals surface area (Å²) in [5, 5.41) is 10.5. The molecule has 1 nitrogen and oxygen atoms in total. The molecule has 0 aliphatic heterocycles. The molecule has 0 aromatic heterocycles. The third-order valence-electron chi connectivity index (χ3n) is 3.90. The molecule has 0 bridgehead atoms. The largest absolute Gasteiger partial charge is 0.394 e. The second-order valence-electron chi connectivity index (χ2n) is 6.23. The predicted octanol–water partition coefficient (Wildman–Crippen LogP) is 6.24. The molecule has 1 aliphatic carbocycles. The van der Waals surface area contributed by atoms with Crippen molar-refractivity contribution in [2.75, 3.05) is 0 Å². The van der Waals surface area contributed by atoms with E-state index < -0.39 is 0 Å². The summed E-state index contributed by atoms with van der Waals surface area (Å²) in [6.45, 7) is 10.1. The van der Waals surface area contributed by atoms with Gasteiger partial charge in [-0.1, -0.05) is 53.3 Å². The molecule has 25 heavy (non-hydrogen) atoms.